The van der Waals surface area contributed by atoms with E-state index in [1.165, 1.54) is 0 Å². The summed E-state index contributed by atoms with van der Waals surface area (Å²) in [4.78, 5) is 25.0. The lowest BCUT2D eigenvalue weighted by atomic mass is 9.97. The first-order chi connectivity index (χ1) is 8.11. The maximum absolute atomic E-state index is 12.3. The van der Waals surface area contributed by atoms with Gasteiger partial charge in [-0.2, -0.15) is 0 Å². The summed E-state index contributed by atoms with van der Waals surface area (Å²) in [6.45, 7) is 3.48. The summed E-state index contributed by atoms with van der Waals surface area (Å²) in [5.74, 6) is -0.593. The molecule has 0 spiro atoms. The van der Waals surface area contributed by atoms with Gasteiger partial charge in [0, 0.05) is 6.54 Å². The molecular formula is C12H20N2O3. The number of hydrogen-bond donors (Lipinski definition) is 2. The predicted molar refractivity (Wildman–Crippen MR) is 62.6 cm³/mol. The molecule has 0 aliphatic carbocycles. The maximum Gasteiger partial charge on any atom is 0.326 e. The SMILES string of the molecule is CC1CCNC1C(=O)N1CCCC[C@H]1C(=O)O. The van der Waals surface area contributed by atoms with Gasteiger partial charge in [0.05, 0.1) is 6.04 Å². The van der Waals surface area contributed by atoms with Crippen molar-refractivity contribution in [1.82, 2.24) is 10.2 Å². The van der Waals surface area contributed by atoms with Crippen LogP contribution in [0.3, 0.4) is 0 Å². The molecule has 17 heavy (non-hydrogen) atoms. The molecule has 2 unspecified atom stereocenters. The maximum atomic E-state index is 12.3. The van der Waals surface area contributed by atoms with Gasteiger partial charge in [0.15, 0.2) is 0 Å². The first kappa shape index (κ1) is 12.4. The molecule has 5 nitrogen and oxygen atoms in total. The minimum absolute atomic E-state index is 0.0258. The number of carbonyl (C=O) groups excluding carboxylic acids is 1. The number of aliphatic carboxylic acids is 1. The lowest BCUT2D eigenvalue weighted by molar-refractivity contribution is -0.153. The van der Waals surface area contributed by atoms with E-state index >= 15 is 0 Å². The second kappa shape index (κ2) is 5.04. The van der Waals surface area contributed by atoms with Crippen molar-refractivity contribution in [3.05, 3.63) is 0 Å². The number of nitrogens with zero attached hydrogens (tertiary/aromatic N) is 1. The third-order valence-corrected chi connectivity index (χ3v) is 3.87. The molecule has 1 amide bonds. The first-order valence-corrected chi connectivity index (χ1v) is 6.38. The molecule has 2 heterocycles. The molecular weight excluding hydrogens is 220 g/mol. The van der Waals surface area contributed by atoms with Gasteiger partial charge in [0.2, 0.25) is 5.91 Å². The highest BCUT2D eigenvalue weighted by molar-refractivity contribution is 5.87. The predicted octanol–water partition coefficient (Wildman–Crippen LogP) is 0.450. The second-order valence-electron chi connectivity index (χ2n) is 5.08. The number of likely N-dealkylation sites (tertiary alicyclic amines) is 1. The molecule has 2 aliphatic heterocycles. The summed E-state index contributed by atoms with van der Waals surface area (Å²) in [6, 6.07) is -0.805. The van der Waals surface area contributed by atoms with Crippen LogP contribution in [0, 0.1) is 5.92 Å². The van der Waals surface area contributed by atoms with Crippen LogP contribution in [0.2, 0.25) is 0 Å². The molecule has 2 aliphatic rings. The van der Waals surface area contributed by atoms with Crippen LogP contribution in [0.25, 0.3) is 0 Å². The van der Waals surface area contributed by atoms with Crippen molar-refractivity contribution in [3.8, 4) is 0 Å². The van der Waals surface area contributed by atoms with Crippen LogP contribution in [-0.4, -0.2) is 47.1 Å². The van der Waals surface area contributed by atoms with Crippen molar-refractivity contribution < 1.29 is 14.7 Å². The molecule has 96 valence electrons. The van der Waals surface area contributed by atoms with Crippen molar-refractivity contribution in [2.45, 2.75) is 44.7 Å². The van der Waals surface area contributed by atoms with E-state index in [2.05, 4.69) is 5.32 Å². The number of nitrogens with one attached hydrogen (secondary N) is 1. The highest BCUT2D eigenvalue weighted by Crippen LogP contribution is 2.22. The lowest BCUT2D eigenvalue weighted by Crippen LogP contribution is -2.54. The summed E-state index contributed by atoms with van der Waals surface area (Å²) in [6.07, 6.45) is 3.38. The average Bonchev–Trinajstić information content (AvgIpc) is 2.74. The fraction of sp³-hybridized carbons (Fsp3) is 0.833. The Hall–Kier alpha value is -1.10. The Kier molecular flexibility index (Phi) is 3.66. The molecule has 2 fully saturated rings. The van der Waals surface area contributed by atoms with E-state index in [1.54, 1.807) is 4.90 Å². The van der Waals surface area contributed by atoms with Gasteiger partial charge in [-0.25, -0.2) is 4.79 Å². The molecule has 0 aromatic rings. The lowest BCUT2D eigenvalue weighted by Gasteiger charge is -2.35. The van der Waals surface area contributed by atoms with Crippen LogP contribution in [0.5, 0.6) is 0 Å². The second-order valence-corrected chi connectivity index (χ2v) is 5.08. The van der Waals surface area contributed by atoms with Crippen LogP contribution in [0.15, 0.2) is 0 Å². The van der Waals surface area contributed by atoms with Gasteiger partial charge in [0.25, 0.3) is 0 Å². The van der Waals surface area contributed by atoms with Crippen molar-refractivity contribution >= 4 is 11.9 Å². The van der Waals surface area contributed by atoms with E-state index in [1.807, 2.05) is 6.92 Å². The Bertz CT molecular complexity index is 319. The van der Waals surface area contributed by atoms with Gasteiger partial charge in [-0.15, -0.1) is 0 Å². The highest BCUT2D eigenvalue weighted by Gasteiger charge is 2.38. The number of hydrogen-bond acceptors (Lipinski definition) is 3. The number of carbonyl (C=O) groups is 2. The van der Waals surface area contributed by atoms with Gasteiger partial charge < -0.3 is 15.3 Å². The summed E-state index contributed by atoms with van der Waals surface area (Å²) in [5, 5.41) is 12.3. The number of piperidine rings is 1. The summed E-state index contributed by atoms with van der Waals surface area (Å²) in [5.41, 5.74) is 0. The van der Waals surface area contributed by atoms with E-state index in [-0.39, 0.29) is 11.9 Å². The van der Waals surface area contributed by atoms with Crippen molar-refractivity contribution in [3.63, 3.8) is 0 Å². The Balaban J connectivity index is 2.08. The van der Waals surface area contributed by atoms with E-state index < -0.39 is 12.0 Å². The van der Waals surface area contributed by atoms with Crippen molar-refractivity contribution in [1.29, 1.82) is 0 Å². The van der Waals surface area contributed by atoms with E-state index in [4.69, 9.17) is 5.11 Å². The summed E-state index contributed by atoms with van der Waals surface area (Å²) < 4.78 is 0. The first-order valence-electron chi connectivity index (χ1n) is 6.38. The Morgan fingerprint density at radius 2 is 2.06 bits per heavy atom. The smallest absolute Gasteiger partial charge is 0.326 e. The molecule has 0 aromatic heterocycles. The Labute approximate surface area is 101 Å². The van der Waals surface area contributed by atoms with Crippen LogP contribution in [-0.2, 0) is 9.59 Å². The van der Waals surface area contributed by atoms with Gasteiger partial charge in [-0.3, -0.25) is 4.79 Å². The van der Waals surface area contributed by atoms with Gasteiger partial charge in [-0.05, 0) is 38.1 Å². The topological polar surface area (TPSA) is 69.6 Å². The molecule has 0 bridgehead atoms. The monoisotopic (exact) mass is 240 g/mol. The van der Waals surface area contributed by atoms with E-state index in [9.17, 15) is 9.59 Å². The zero-order valence-corrected chi connectivity index (χ0v) is 10.2. The number of carboxylic acid groups (broad SMARTS) is 1. The molecule has 2 rings (SSSR count). The highest BCUT2D eigenvalue weighted by atomic mass is 16.4. The largest absolute Gasteiger partial charge is 0.480 e. The molecule has 0 saturated carbocycles. The zero-order valence-electron chi connectivity index (χ0n) is 10.2. The summed E-state index contributed by atoms with van der Waals surface area (Å²) >= 11 is 0. The fourth-order valence-corrected chi connectivity index (χ4v) is 2.80. The molecule has 3 atom stereocenters. The third-order valence-electron chi connectivity index (χ3n) is 3.87. The van der Waals surface area contributed by atoms with Crippen molar-refractivity contribution in [2.24, 2.45) is 5.92 Å². The summed E-state index contributed by atoms with van der Waals surface area (Å²) in [7, 11) is 0. The minimum atomic E-state index is -0.872. The molecule has 2 N–H and O–H groups in total. The van der Waals surface area contributed by atoms with Gasteiger partial charge >= 0.3 is 5.97 Å². The van der Waals surface area contributed by atoms with Crippen LogP contribution < -0.4 is 5.32 Å². The van der Waals surface area contributed by atoms with Crippen LogP contribution in [0.4, 0.5) is 0 Å². The standard InChI is InChI=1S/C12H20N2O3/c1-8-5-6-13-10(8)11(15)14-7-3-2-4-9(14)12(16)17/h8-10,13H,2-7H2,1H3,(H,16,17)/t8?,9-,10?/m0/s1. The quantitative estimate of drug-likeness (QED) is 0.735. The molecule has 0 aromatic carbocycles. The number of amides is 1. The fourth-order valence-electron chi connectivity index (χ4n) is 2.80. The number of carboxylic acids is 1. The Morgan fingerprint density at radius 3 is 2.65 bits per heavy atom. The van der Waals surface area contributed by atoms with Crippen molar-refractivity contribution in [2.75, 3.05) is 13.1 Å². The third kappa shape index (κ3) is 2.44. The Morgan fingerprint density at radius 1 is 1.29 bits per heavy atom. The van der Waals surface area contributed by atoms with Gasteiger partial charge in [0.1, 0.15) is 6.04 Å². The van der Waals surface area contributed by atoms with Crippen LogP contribution in [0.1, 0.15) is 32.6 Å². The zero-order chi connectivity index (χ0) is 12.4. The minimum Gasteiger partial charge on any atom is -0.480 e. The molecule has 0 radical (unpaired) electrons. The van der Waals surface area contributed by atoms with Gasteiger partial charge in [-0.1, -0.05) is 6.92 Å². The molecule has 2 saturated heterocycles. The van der Waals surface area contributed by atoms with E-state index in [0.717, 1.165) is 25.8 Å². The van der Waals surface area contributed by atoms with E-state index in [0.29, 0.717) is 18.9 Å². The molecule has 5 heteroatoms. The normalized spacial score (nSPS) is 33.7. The number of rotatable bonds is 2. The van der Waals surface area contributed by atoms with Crippen LogP contribution >= 0.6 is 0 Å². The average molecular weight is 240 g/mol.